The fourth-order valence-electron chi connectivity index (χ4n) is 1.90. The average molecular weight is 255 g/mol. The van der Waals surface area contributed by atoms with Gasteiger partial charge in [-0.2, -0.15) is 0 Å². The number of anilines is 1. The number of amides is 1. The van der Waals surface area contributed by atoms with Crippen molar-refractivity contribution >= 4 is 11.6 Å². The molecule has 0 spiro atoms. The number of rotatable bonds is 3. The van der Waals surface area contributed by atoms with Gasteiger partial charge in [-0.05, 0) is 30.2 Å². The van der Waals surface area contributed by atoms with Crippen LogP contribution in [0.4, 0.5) is 5.69 Å². The molecule has 98 valence electrons. The van der Waals surface area contributed by atoms with Gasteiger partial charge in [0, 0.05) is 25.5 Å². The summed E-state index contributed by atoms with van der Waals surface area (Å²) in [5, 5.41) is 0. The van der Waals surface area contributed by atoms with Crippen LogP contribution >= 0.6 is 0 Å². The molecular formula is C15H17N3O. The summed E-state index contributed by atoms with van der Waals surface area (Å²) >= 11 is 0. The first kappa shape index (κ1) is 13.1. The Morgan fingerprint density at radius 3 is 2.68 bits per heavy atom. The van der Waals surface area contributed by atoms with Crippen LogP contribution in [0.15, 0.2) is 42.6 Å². The van der Waals surface area contributed by atoms with Crippen molar-refractivity contribution in [2.75, 3.05) is 12.8 Å². The monoisotopic (exact) mass is 255 g/mol. The fourth-order valence-corrected chi connectivity index (χ4v) is 1.90. The number of carbonyl (C=O) groups is 1. The standard InChI is InChI=1S/C15H17N3O/c1-11-6-5-9-17-14(11)15(19)18(2)10-12-7-3-4-8-13(12)16/h3-9H,10,16H2,1-2H3. The van der Waals surface area contributed by atoms with Crippen LogP contribution in [0.1, 0.15) is 21.6 Å². The highest BCUT2D eigenvalue weighted by molar-refractivity contribution is 5.93. The van der Waals surface area contributed by atoms with Crippen LogP contribution in [0.25, 0.3) is 0 Å². The minimum Gasteiger partial charge on any atom is -0.398 e. The first-order valence-corrected chi connectivity index (χ1v) is 6.10. The Morgan fingerprint density at radius 2 is 2.00 bits per heavy atom. The number of pyridine rings is 1. The molecule has 0 fully saturated rings. The summed E-state index contributed by atoms with van der Waals surface area (Å²) in [4.78, 5) is 18.1. The smallest absolute Gasteiger partial charge is 0.272 e. The van der Waals surface area contributed by atoms with Crippen LogP contribution in [0.2, 0.25) is 0 Å². The predicted molar refractivity (Wildman–Crippen MR) is 75.6 cm³/mol. The summed E-state index contributed by atoms with van der Waals surface area (Å²) in [5.74, 6) is -0.0960. The summed E-state index contributed by atoms with van der Waals surface area (Å²) in [6, 6.07) is 11.2. The molecule has 2 N–H and O–H groups in total. The molecule has 0 saturated heterocycles. The molecule has 0 atom stereocenters. The summed E-state index contributed by atoms with van der Waals surface area (Å²) in [7, 11) is 1.75. The summed E-state index contributed by atoms with van der Waals surface area (Å²) < 4.78 is 0. The van der Waals surface area contributed by atoms with Gasteiger partial charge in [-0.1, -0.05) is 24.3 Å². The van der Waals surface area contributed by atoms with Crippen molar-refractivity contribution in [2.45, 2.75) is 13.5 Å². The molecule has 0 unspecified atom stereocenters. The molecule has 0 aliphatic carbocycles. The number of carbonyl (C=O) groups excluding carboxylic acids is 1. The van der Waals surface area contributed by atoms with E-state index in [4.69, 9.17) is 5.73 Å². The van der Waals surface area contributed by atoms with Gasteiger partial charge in [-0.25, -0.2) is 0 Å². The van der Waals surface area contributed by atoms with E-state index in [0.29, 0.717) is 17.9 Å². The second-order valence-electron chi connectivity index (χ2n) is 4.53. The van der Waals surface area contributed by atoms with E-state index >= 15 is 0 Å². The van der Waals surface area contributed by atoms with Gasteiger partial charge in [0.25, 0.3) is 5.91 Å². The van der Waals surface area contributed by atoms with E-state index in [0.717, 1.165) is 11.1 Å². The molecule has 1 aromatic heterocycles. The minimum atomic E-state index is -0.0960. The summed E-state index contributed by atoms with van der Waals surface area (Å²) in [6.45, 7) is 2.35. The van der Waals surface area contributed by atoms with Crippen molar-refractivity contribution in [2.24, 2.45) is 0 Å². The van der Waals surface area contributed by atoms with Crippen LogP contribution in [0.3, 0.4) is 0 Å². The van der Waals surface area contributed by atoms with Crippen LogP contribution in [0, 0.1) is 6.92 Å². The van der Waals surface area contributed by atoms with E-state index in [2.05, 4.69) is 4.98 Å². The zero-order chi connectivity index (χ0) is 13.8. The largest absolute Gasteiger partial charge is 0.398 e. The van der Waals surface area contributed by atoms with E-state index in [9.17, 15) is 4.79 Å². The van der Waals surface area contributed by atoms with Gasteiger partial charge in [0.1, 0.15) is 5.69 Å². The third-order valence-electron chi connectivity index (χ3n) is 3.02. The van der Waals surface area contributed by atoms with Crippen molar-refractivity contribution in [3.63, 3.8) is 0 Å². The Morgan fingerprint density at radius 1 is 1.26 bits per heavy atom. The highest BCUT2D eigenvalue weighted by atomic mass is 16.2. The zero-order valence-corrected chi connectivity index (χ0v) is 11.1. The first-order valence-electron chi connectivity index (χ1n) is 6.10. The number of aryl methyl sites for hydroxylation is 1. The second-order valence-corrected chi connectivity index (χ2v) is 4.53. The van der Waals surface area contributed by atoms with E-state index in [1.807, 2.05) is 43.3 Å². The van der Waals surface area contributed by atoms with Gasteiger partial charge in [-0.15, -0.1) is 0 Å². The average Bonchev–Trinajstić information content (AvgIpc) is 2.41. The van der Waals surface area contributed by atoms with E-state index < -0.39 is 0 Å². The summed E-state index contributed by atoms with van der Waals surface area (Å²) in [6.07, 6.45) is 1.63. The molecule has 1 amide bonds. The number of nitrogens with zero attached hydrogens (tertiary/aromatic N) is 2. The quantitative estimate of drug-likeness (QED) is 0.856. The van der Waals surface area contributed by atoms with E-state index in [-0.39, 0.29) is 5.91 Å². The number of benzene rings is 1. The van der Waals surface area contributed by atoms with Gasteiger partial charge in [0.15, 0.2) is 0 Å². The van der Waals surface area contributed by atoms with Crippen molar-refractivity contribution in [1.29, 1.82) is 0 Å². The number of nitrogens with two attached hydrogens (primary N) is 1. The molecule has 0 radical (unpaired) electrons. The Bertz CT molecular complexity index is 595. The highest BCUT2D eigenvalue weighted by Crippen LogP contribution is 2.14. The van der Waals surface area contributed by atoms with Crippen molar-refractivity contribution in [3.05, 3.63) is 59.4 Å². The van der Waals surface area contributed by atoms with Crippen LogP contribution in [-0.2, 0) is 6.54 Å². The first-order chi connectivity index (χ1) is 9.09. The topological polar surface area (TPSA) is 59.2 Å². The molecule has 19 heavy (non-hydrogen) atoms. The molecule has 2 aromatic rings. The van der Waals surface area contributed by atoms with Crippen LogP contribution in [-0.4, -0.2) is 22.8 Å². The van der Waals surface area contributed by atoms with Crippen LogP contribution < -0.4 is 5.73 Å². The number of nitrogen functional groups attached to an aromatic ring is 1. The van der Waals surface area contributed by atoms with Crippen LogP contribution in [0.5, 0.6) is 0 Å². The second kappa shape index (κ2) is 5.52. The Hall–Kier alpha value is -2.36. The number of hydrogen-bond acceptors (Lipinski definition) is 3. The van der Waals surface area contributed by atoms with Crippen molar-refractivity contribution < 1.29 is 4.79 Å². The normalized spacial score (nSPS) is 10.2. The molecule has 1 heterocycles. The van der Waals surface area contributed by atoms with Crippen molar-refractivity contribution in [3.8, 4) is 0 Å². The lowest BCUT2D eigenvalue weighted by Crippen LogP contribution is -2.28. The molecule has 1 aromatic carbocycles. The van der Waals surface area contributed by atoms with Gasteiger partial charge in [0.05, 0.1) is 0 Å². The van der Waals surface area contributed by atoms with Gasteiger partial charge < -0.3 is 10.6 Å². The maximum atomic E-state index is 12.3. The van der Waals surface area contributed by atoms with Gasteiger partial charge in [-0.3, -0.25) is 9.78 Å². The van der Waals surface area contributed by atoms with Crippen molar-refractivity contribution in [1.82, 2.24) is 9.88 Å². The Labute approximate surface area is 112 Å². The van der Waals surface area contributed by atoms with E-state index in [1.54, 1.807) is 18.1 Å². The summed E-state index contributed by atoms with van der Waals surface area (Å²) in [5.41, 5.74) is 8.88. The molecule has 0 aliphatic heterocycles. The molecular weight excluding hydrogens is 238 g/mol. The Balaban J connectivity index is 2.17. The molecule has 0 bridgehead atoms. The third kappa shape index (κ3) is 2.91. The zero-order valence-electron chi connectivity index (χ0n) is 11.1. The fraction of sp³-hybridized carbons (Fsp3) is 0.200. The number of para-hydroxylation sites is 1. The molecule has 0 saturated carbocycles. The maximum absolute atomic E-state index is 12.3. The highest BCUT2D eigenvalue weighted by Gasteiger charge is 2.15. The lowest BCUT2D eigenvalue weighted by atomic mass is 10.1. The minimum absolute atomic E-state index is 0.0960. The molecule has 2 rings (SSSR count). The lowest BCUT2D eigenvalue weighted by Gasteiger charge is -2.18. The third-order valence-corrected chi connectivity index (χ3v) is 3.02. The van der Waals surface area contributed by atoms with Gasteiger partial charge in [0.2, 0.25) is 0 Å². The van der Waals surface area contributed by atoms with Gasteiger partial charge >= 0.3 is 0 Å². The predicted octanol–water partition coefficient (Wildman–Crippen LogP) is 2.24. The number of hydrogen-bond donors (Lipinski definition) is 1. The number of aromatic nitrogens is 1. The molecule has 4 nitrogen and oxygen atoms in total. The van der Waals surface area contributed by atoms with E-state index in [1.165, 1.54) is 0 Å². The Kier molecular flexibility index (Phi) is 3.80. The SMILES string of the molecule is Cc1cccnc1C(=O)N(C)Cc1ccccc1N. The lowest BCUT2D eigenvalue weighted by molar-refractivity contribution is 0.0779. The molecule has 0 aliphatic rings. The maximum Gasteiger partial charge on any atom is 0.272 e. The molecule has 4 heteroatoms.